The van der Waals surface area contributed by atoms with Crippen LogP contribution in [-0.2, 0) is 18.5 Å². The molecule has 8 heteroatoms. The van der Waals surface area contributed by atoms with Crippen molar-refractivity contribution in [2.45, 2.75) is 39.3 Å². The molecule has 0 amide bonds. The molecule has 2 rings (SSSR count). The number of guanidine groups is 1. The number of nitrogens with one attached hydrogen (secondary N) is 2. The summed E-state index contributed by atoms with van der Waals surface area (Å²) in [6, 6.07) is 1.91. The third-order valence-corrected chi connectivity index (χ3v) is 3.12. The van der Waals surface area contributed by atoms with Crippen molar-refractivity contribution in [3.05, 3.63) is 36.3 Å². The highest BCUT2D eigenvalue weighted by Gasteiger charge is 2.19. The lowest BCUT2D eigenvalue weighted by Gasteiger charge is -2.13. The van der Waals surface area contributed by atoms with Crippen LogP contribution >= 0.6 is 24.0 Å². The van der Waals surface area contributed by atoms with Gasteiger partial charge < -0.3 is 15.1 Å². The van der Waals surface area contributed by atoms with Gasteiger partial charge in [0.15, 0.2) is 5.96 Å². The first-order chi connectivity index (χ1) is 10.5. The van der Waals surface area contributed by atoms with Crippen LogP contribution in [0.4, 0.5) is 0 Å². The van der Waals surface area contributed by atoms with Crippen LogP contribution < -0.4 is 10.6 Å². The lowest BCUT2D eigenvalue weighted by molar-refractivity contribution is 0.379. The van der Waals surface area contributed by atoms with Gasteiger partial charge in [-0.3, -0.25) is 9.67 Å². The Morgan fingerprint density at radius 3 is 2.70 bits per heavy atom. The van der Waals surface area contributed by atoms with Gasteiger partial charge in [-0.2, -0.15) is 5.10 Å². The first-order valence-corrected chi connectivity index (χ1v) is 7.36. The van der Waals surface area contributed by atoms with Crippen molar-refractivity contribution in [3.63, 3.8) is 0 Å². The first-order valence-electron chi connectivity index (χ1n) is 7.36. The molecular weight excluding hydrogens is 407 g/mol. The number of nitrogens with zero attached hydrogens (tertiary/aromatic N) is 4. The maximum absolute atomic E-state index is 5.74. The summed E-state index contributed by atoms with van der Waals surface area (Å²) in [7, 11) is 1.74. The molecule has 23 heavy (non-hydrogen) atoms. The van der Waals surface area contributed by atoms with Crippen LogP contribution in [0.3, 0.4) is 0 Å². The van der Waals surface area contributed by atoms with Gasteiger partial charge in [-0.15, -0.1) is 24.0 Å². The van der Waals surface area contributed by atoms with Crippen molar-refractivity contribution in [2.24, 2.45) is 4.99 Å². The second kappa shape index (κ2) is 8.90. The van der Waals surface area contributed by atoms with E-state index < -0.39 is 0 Å². The molecule has 0 spiro atoms. The van der Waals surface area contributed by atoms with Crippen LogP contribution in [0.5, 0.6) is 0 Å². The zero-order chi connectivity index (χ0) is 16.0. The average molecular weight is 432 g/mol. The van der Waals surface area contributed by atoms with E-state index >= 15 is 0 Å². The van der Waals surface area contributed by atoms with E-state index in [9.17, 15) is 0 Å². The minimum Gasteiger partial charge on any atom is -0.443 e. The van der Waals surface area contributed by atoms with Gasteiger partial charge in [0.05, 0.1) is 19.3 Å². The second-order valence-electron chi connectivity index (χ2n) is 5.99. The highest BCUT2D eigenvalue weighted by Crippen LogP contribution is 2.22. The zero-order valence-corrected chi connectivity index (χ0v) is 16.4. The molecule has 0 saturated heterocycles. The molecule has 0 aromatic carbocycles. The summed E-state index contributed by atoms with van der Waals surface area (Å²) in [5.41, 5.74) is -0.0328. The summed E-state index contributed by atoms with van der Waals surface area (Å²) < 4.78 is 7.60. The highest BCUT2D eigenvalue weighted by molar-refractivity contribution is 14.0. The number of hydrogen-bond acceptors (Lipinski definition) is 4. The molecule has 0 radical (unpaired) electrons. The Labute approximate surface area is 154 Å². The fourth-order valence-corrected chi connectivity index (χ4v) is 1.84. The van der Waals surface area contributed by atoms with Crippen molar-refractivity contribution < 1.29 is 4.42 Å². The molecule has 0 bridgehead atoms. The molecule has 0 atom stereocenters. The van der Waals surface area contributed by atoms with E-state index in [2.05, 4.69) is 46.5 Å². The number of hydrogen-bond donors (Lipinski definition) is 2. The Bertz CT molecular complexity index is 600. The fourth-order valence-electron chi connectivity index (χ4n) is 1.84. The highest BCUT2D eigenvalue weighted by atomic mass is 127. The topological polar surface area (TPSA) is 80.3 Å². The van der Waals surface area contributed by atoms with E-state index in [-0.39, 0.29) is 29.4 Å². The molecule has 0 aliphatic heterocycles. The van der Waals surface area contributed by atoms with E-state index in [1.54, 1.807) is 19.4 Å². The van der Waals surface area contributed by atoms with Gasteiger partial charge in [0.25, 0.3) is 0 Å². The second-order valence-corrected chi connectivity index (χ2v) is 5.99. The smallest absolute Gasteiger partial charge is 0.213 e. The summed E-state index contributed by atoms with van der Waals surface area (Å²) in [5.74, 6) is 2.24. The maximum atomic E-state index is 5.74. The van der Waals surface area contributed by atoms with Gasteiger partial charge >= 0.3 is 0 Å². The van der Waals surface area contributed by atoms with Crippen LogP contribution in [0.2, 0.25) is 0 Å². The van der Waals surface area contributed by atoms with E-state index in [1.807, 2.05) is 16.9 Å². The minimum atomic E-state index is -0.0328. The molecule has 2 aromatic rings. The van der Waals surface area contributed by atoms with E-state index in [0.29, 0.717) is 18.4 Å². The predicted octanol–water partition coefficient (Wildman–Crippen LogP) is 2.15. The van der Waals surface area contributed by atoms with Crippen LogP contribution in [0.25, 0.3) is 0 Å². The van der Waals surface area contributed by atoms with Crippen LogP contribution in [0, 0.1) is 0 Å². The van der Waals surface area contributed by atoms with Crippen LogP contribution in [-0.4, -0.2) is 34.3 Å². The number of halogens is 1. The third kappa shape index (κ3) is 6.20. The number of aliphatic imine (C=N–C) groups is 1. The van der Waals surface area contributed by atoms with Gasteiger partial charge in [-0.1, -0.05) is 20.8 Å². The quantitative estimate of drug-likeness (QED) is 0.430. The molecule has 0 saturated carbocycles. The summed E-state index contributed by atoms with van der Waals surface area (Å²) in [6.07, 6.45) is 5.48. The Hall–Kier alpha value is -1.58. The van der Waals surface area contributed by atoms with Crippen LogP contribution in [0.1, 0.15) is 32.4 Å². The first kappa shape index (κ1) is 19.5. The molecule has 0 fully saturated rings. The van der Waals surface area contributed by atoms with E-state index in [1.165, 1.54) is 0 Å². The van der Waals surface area contributed by atoms with Crippen LogP contribution in [0.15, 0.2) is 34.1 Å². The van der Waals surface area contributed by atoms with Crippen molar-refractivity contribution in [1.82, 2.24) is 25.4 Å². The van der Waals surface area contributed by atoms with Gasteiger partial charge in [0.2, 0.25) is 5.89 Å². The molecule has 2 N–H and O–H groups in total. The number of aromatic nitrogens is 3. The summed E-state index contributed by atoms with van der Waals surface area (Å²) in [4.78, 5) is 8.46. The summed E-state index contributed by atoms with van der Waals surface area (Å²) in [5, 5.41) is 10.6. The zero-order valence-electron chi connectivity index (χ0n) is 14.0. The Morgan fingerprint density at radius 1 is 1.35 bits per heavy atom. The molecule has 0 aliphatic carbocycles. The molecular formula is C15H25IN6O. The summed E-state index contributed by atoms with van der Waals surface area (Å²) in [6.45, 7) is 8.31. The summed E-state index contributed by atoms with van der Waals surface area (Å²) >= 11 is 0. The van der Waals surface area contributed by atoms with Crippen molar-refractivity contribution in [3.8, 4) is 0 Å². The van der Waals surface area contributed by atoms with Crippen molar-refractivity contribution in [1.29, 1.82) is 0 Å². The maximum Gasteiger partial charge on any atom is 0.213 e. The monoisotopic (exact) mass is 432 g/mol. The third-order valence-electron chi connectivity index (χ3n) is 3.12. The average Bonchev–Trinajstić information content (AvgIpc) is 3.13. The Kier molecular flexibility index (Phi) is 7.53. The van der Waals surface area contributed by atoms with Gasteiger partial charge in [-0.05, 0) is 6.07 Å². The predicted molar refractivity (Wildman–Crippen MR) is 101 cm³/mol. The minimum absolute atomic E-state index is 0. The molecule has 7 nitrogen and oxygen atoms in total. The molecule has 128 valence electrons. The molecule has 2 aromatic heterocycles. The SMILES string of the molecule is CN=C(NCCn1cccn1)NCc1ncc(C(C)(C)C)o1.I. The van der Waals surface area contributed by atoms with Gasteiger partial charge in [-0.25, -0.2) is 4.98 Å². The van der Waals surface area contributed by atoms with Gasteiger partial charge in [0.1, 0.15) is 5.76 Å². The lowest BCUT2D eigenvalue weighted by Crippen LogP contribution is -2.38. The molecule has 2 heterocycles. The Balaban J connectivity index is 0.00000264. The van der Waals surface area contributed by atoms with Crippen molar-refractivity contribution in [2.75, 3.05) is 13.6 Å². The fraction of sp³-hybridized carbons (Fsp3) is 0.533. The van der Waals surface area contributed by atoms with E-state index in [4.69, 9.17) is 4.42 Å². The van der Waals surface area contributed by atoms with E-state index in [0.717, 1.165) is 18.8 Å². The lowest BCUT2D eigenvalue weighted by atomic mass is 9.94. The molecule has 0 aliphatic rings. The molecule has 0 unspecified atom stereocenters. The largest absolute Gasteiger partial charge is 0.443 e. The normalized spacial score (nSPS) is 11.9. The Morgan fingerprint density at radius 2 is 2.13 bits per heavy atom. The number of oxazole rings is 1. The standard InChI is InChI=1S/C15H24N6O.HI/c1-15(2,3)12-10-18-13(22-12)11-19-14(16-4)17-7-9-21-8-5-6-20-21;/h5-6,8,10H,7,9,11H2,1-4H3,(H2,16,17,19);1H. The number of rotatable bonds is 5. The van der Waals surface area contributed by atoms with Gasteiger partial charge in [0, 0.05) is 31.4 Å². The van der Waals surface area contributed by atoms with Crippen molar-refractivity contribution >= 4 is 29.9 Å².